The van der Waals surface area contributed by atoms with Gasteiger partial charge in [-0.15, -0.1) is 0 Å². The maximum absolute atomic E-state index is 6.03. The van der Waals surface area contributed by atoms with Crippen LogP contribution in [0.5, 0.6) is 5.75 Å². The first-order chi connectivity index (χ1) is 10.2. The van der Waals surface area contributed by atoms with Gasteiger partial charge in [0.15, 0.2) is 6.29 Å². The zero-order valence-corrected chi connectivity index (χ0v) is 15.2. The molecular weight excluding hydrogens is 272 g/mol. The summed E-state index contributed by atoms with van der Waals surface area (Å²) >= 11 is 0. The molecule has 1 fully saturated rings. The van der Waals surface area contributed by atoms with Crippen molar-refractivity contribution in [3.8, 4) is 5.75 Å². The van der Waals surface area contributed by atoms with Crippen molar-refractivity contribution in [2.45, 2.75) is 78.9 Å². The van der Waals surface area contributed by atoms with Gasteiger partial charge in [0.1, 0.15) is 5.75 Å². The van der Waals surface area contributed by atoms with Crippen LogP contribution in [0.2, 0.25) is 0 Å². The van der Waals surface area contributed by atoms with Gasteiger partial charge in [0.25, 0.3) is 0 Å². The predicted octanol–water partition coefficient (Wildman–Crippen LogP) is 5.61. The molecule has 0 amide bonds. The van der Waals surface area contributed by atoms with Crippen LogP contribution in [0.1, 0.15) is 71.4 Å². The molecular formula is C20H32O2. The molecule has 0 radical (unpaired) electrons. The molecule has 1 aliphatic heterocycles. The fourth-order valence-corrected chi connectivity index (χ4v) is 3.58. The van der Waals surface area contributed by atoms with Gasteiger partial charge < -0.3 is 9.47 Å². The summed E-state index contributed by atoms with van der Waals surface area (Å²) in [5, 5.41) is 0. The normalized spacial score (nSPS) is 20.0. The lowest BCUT2D eigenvalue weighted by atomic mass is 9.72. The van der Waals surface area contributed by atoms with Gasteiger partial charge in [-0.1, -0.05) is 46.8 Å². The molecule has 1 unspecified atom stereocenters. The van der Waals surface area contributed by atoms with Crippen LogP contribution in [0.3, 0.4) is 0 Å². The van der Waals surface area contributed by atoms with E-state index in [2.05, 4.69) is 59.7 Å². The molecule has 1 aromatic carbocycles. The minimum atomic E-state index is -0.0686. The zero-order valence-electron chi connectivity index (χ0n) is 15.2. The van der Waals surface area contributed by atoms with Gasteiger partial charge >= 0.3 is 0 Å². The number of aryl methyl sites for hydroxylation is 1. The maximum Gasteiger partial charge on any atom is 0.199 e. The first-order valence-electron chi connectivity index (χ1n) is 8.57. The molecule has 0 saturated carbocycles. The quantitative estimate of drug-likeness (QED) is 0.719. The van der Waals surface area contributed by atoms with E-state index in [1.807, 2.05) is 0 Å². The summed E-state index contributed by atoms with van der Waals surface area (Å²) < 4.78 is 11.7. The molecule has 0 bridgehead atoms. The SMILES string of the molecule is Cc1cc(C(C)(C)CC(C)(C)C)ccc1OC1CCCCO1. The zero-order chi connectivity index (χ0) is 16.4. The maximum atomic E-state index is 6.03. The number of benzene rings is 1. The van der Waals surface area contributed by atoms with E-state index in [-0.39, 0.29) is 11.7 Å². The van der Waals surface area contributed by atoms with Crippen LogP contribution in [0.25, 0.3) is 0 Å². The van der Waals surface area contributed by atoms with Gasteiger partial charge in [-0.3, -0.25) is 0 Å². The second-order valence-corrected chi connectivity index (χ2v) is 8.52. The van der Waals surface area contributed by atoms with Crippen LogP contribution in [0, 0.1) is 12.3 Å². The monoisotopic (exact) mass is 304 g/mol. The van der Waals surface area contributed by atoms with Crippen molar-refractivity contribution in [2.75, 3.05) is 6.61 Å². The van der Waals surface area contributed by atoms with Crippen molar-refractivity contribution >= 4 is 0 Å². The Labute approximate surface area is 136 Å². The molecule has 0 aromatic heterocycles. The Morgan fingerprint density at radius 1 is 1.14 bits per heavy atom. The minimum Gasteiger partial charge on any atom is -0.465 e. The summed E-state index contributed by atoms with van der Waals surface area (Å²) in [4.78, 5) is 0. The fourth-order valence-electron chi connectivity index (χ4n) is 3.58. The number of hydrogen-bond donors (Lipinski definition) is 0. The summed E-state index contributed by atoms with van der Waals surface area (Å²) in [6.45, 7) is 14.5. The van der Waals surface area contributed by atoms with Crippen molar-refractivity contribution in [1.29, 1.82) is 0 Å². The second kappa shape index (κ2) is 6.62. The van der Waals surface area contributed by atoms with Gasteiger partial charge in [0.05, 0.1) is 6.61 Å². The van der Waals surface area contributed by atoms with Crippen molar-refractivity contribution in [2.24, 2.45) is 5.41 Å². The summed E-state index contributed by atoms with van der Waals surface area (Å²) in [7, 11) is 0. The van der Waals surface area contributed by atoms with E-state index in [9.17, 15) is 0 Å². The molecule has 0 aliphatic carbocycles. The molecule has 1 saturated heterocycles. The van der Waals surface area contributed by atoms with Gasteiger partial charge in [0.2, 0.25) is 0 Å². The summed E-state index contributed by atoms with van der Waals surface area (Å²) in [5.41, 5.74) is 3.08. The van der Waals surface area contributed by atoms with Crippen molar-refractivity contribution in [1.82, 2.24) is 0 Å². The number of ether oxygens (including phenoxy) is 2. The summed E-state index contributed by atoms with van der Waals surface area (Å²) in [5.74, 6) is 0.960. The highest BCUT2D eigenvalue weighted by Gasteiger charge is 2.27. The molecule has 2 rings (SSSR count). The van der Waals surface area contributed by atoms with Gasteiger partial charge in [-0.2, -0.15) is 0 Å². The Hall–Kier alpha value is -1.02. The first kappa shape index (κ1) is 17.3. The molecule has 0 N–H and O–H groups in total. The standard InChI is InChI=1S/C20H32O2/c1-15-13-16(20(5,6)14-19(2,3)4)10-11-17(15)22-18-9-7-8-12-21-18/h10-11,13,18H,7-9,12,14H2,1-6H3. The van der Waals surface area contributed by atoms with E-state index in [1.165, 1.54) is 17.5 Å². The van der Waals surface area contributed by atoms with E-state index in [0.29, 0.717) is 5.41 Å². The topological polar surface area (TPSA) is 18.5 Å². The van der Waals surface area contributed by atoms with Crippen molar-refractivity contribution in [3.05, 3.63) is 29.3 Å². The molecule has 0 spiro atoms. The molecule has 2 nitrogen and oxygen atoms in total. The van der Waals surface area contributed by atoms with E-state index in [1.54, 1.807) is 0 Å². The molecule has 1 heterocycles. The van der Waals surface area contributed by atoms with Crippen molar-refractivity contribution < 1.29 is 9.47 Å². The third-order valence-corrected chi connectivity index (χ3v) is 4.33. The Balaban J connectivity index is 2.11. The molecule has 1 aromatic rings. The van der Waals surface area contributed by atoms with E-state index in [4.69, 9.17) is 9.47 Å². The summed E-state index contributed by atoms with van der Waals surface area (Å²) in [6.07, 6.45) is 4.43. The molecule has 22 heavy (non-hydrogen) atoms. The van der Waals surface area contributed by atoms with Crippen LogP contribution in [-0.2, 0) is 10.2 Å². The van der Waals surface area contributed by atoms with Crippen LogP contribution in [-0.4, -0.2) is 12.9 Å². The van der Waals surface area contributed by atoms with E-state index >= 15 is 0 Å². The Morgan fingerprint density at radius 2 is 1.86 bits per heavy atom. The van der Waals surface area contributed by atoms with Gasteiger partial charge in [0, 0.05) is 6.42 Å². The molecule has 1 aliphatic rings. The Kier molecular flexibility index (Phi) is 5.21. The third kappa shape index (κ3) is 4.74. The molecule has 1 atom stereocenters. The lowest BCUT2D eigenvalue weighted by molar-refractivity contribution is -0.106. The highest BCUT2D eigenvalue weighted by molar-refractivity contribution is 5.39. The van der Waals surface area contributed by atoms with Gasteiger partial charge in [-0.05, 0) is 54.2 Å². The Bertz CT molecular complexity index is 491. The van der Waals surface area contributed by atoms with E-state index < -0.39 is 0 Å². The van der Waals surface area contributed by atoms with Crippen LogP contribution < -0.4 is 4.74 Å². The predicted molar refractivity (Wildman–Crippen MR) is 92.5 cm³/mol. The highest BCUT2D eigenvalue weighted by Crippen LogP contribution is 2.37. The average Bonchev–Trinajstić information content (AvgIpc) is 2.39. The average molecular weight is 304 g/mol. The van der Waals surface area contributed by atoms with Crippen LogP contribution in [0.4, 0.5) is 0 Å². The lowest BCUT2D eigenvalue weighted by Gasteiger charge is -2.33. The third-order valence-electron chi connectivity index (χ3n) is 4.33. The highest BCUT2D eigenvalue weighted by atomic mass is 16.7. The minimum absolute atomic E-state index is 0.0686. The second-order valence-electron chi connectivity index (χ2n) is 8.52. The smallest absolute Gasteiger partial charge is 0.199 e. The molecule has 2 heteroatoms. The van der Waals surface area contributed by atoms with Crippen molar-refractivity contribution in [3.63, 3.8) is 0 Å². The molecule has 124 valence electrons. The lowest BCUT2D eigenvalue weighted by Crippen LogP contribution is -2.26. The summed E-state index contributed by atoms with van der Waals surface area (Å²) in [6, 6.07) is 6.62. The van der Waals surface area contributed by atoms with Crippen LogP contribution >= 0.6 is 0 Å². The Morgan fingerprint density at radius 3 is 2.41 bits per heavy atom. The first-order valence-corrected chi connectivity index (χ1v) is 8.57. The van der Waals surface area contributed by atoms with E-state index in [0.717, 1.165) is 31.6 Å². The van der Waals surface area contributed by atoms with Crippen LogP contribution in [0.15, 0.2) is 18.2 Å². The largest absolute Gasteiger partial charge is 0.465 e. The fraction of sp³-hybridized carbons (Fsp3) is 0.700. The number of rotatable bonds is 4. The number of hydrogen-bond acceptors (Lipinski definition) is 2. The van der Waals surface area contributed by atoms with Gasteiger partial charge in [-0.25, -0.2) is 0 Å².